The molecule has 1 aromatic rings. The lowest BCUT2D eigenvalue weighted by molar-refractivity contribution is 0.0910. The first-order valence-corrected chi connectivity index (χ1v) is 6.69. The van der Waals surface area contributed by atoms with Crippen LogP contribution >= 0.6 is 0 Å². The zero-order valence-corrected chi connectivity index (χ0v) is 11.1. The van der Waals surface area contributed by atoms with Crippen LogP contribution < -0.4 is 4.90 Å². The zero-order valence-electron chi connectivity index (χ0n) is 11.1. The van der Waals surface area contributed by atoms with Crippen molar-refractivity contribution in [3.05, 3.63) is 17.5 Å². The molecule has 0 radical (unpaired) electrons. The van der Waals surface area contributed by atoms with Crippen LogP contribution in [0.5, 0.6) is 0 Å². The van der Waals surface area contributed by atoms with Gasteiger partial charge in [0.1, 0.15) is 0 Å². The van der Waals surface area contributed by atoms with Crippen molar-refractivity contribution in [3.8, 4) is 0 Å². The van der Waals surface area contributed by atoms with Gasteiger partial charge >= 0.3 is 0 Å². The van der Waals surface area contributed by atoms with Crippen LogP contribution in [-0.2, 0) is 6.42 Å². The molecule has 2 heterocycles. The number of Topliss-reactive ketones (excluding diaryl/α,β-unsaturated/α-hetero) is 1. The fraction of sp³-hybridized carbons (Fsp3) is 0.643. The summed E-state index contributed by atoms with van der Waals surface area (Å²) in [5, 5.41) is 0. The van der Waals surface area contributed by atoms with Crippen LogP contribution in [0, 0.1) is 5.41 Å². The van der Waals surface area contributed by atoms with Crippen molar-refractivity contribution in [2.24, 2.45) is 5.41 Å². The maximum absolute atomic E-state index is 12.0. The van der Waals surface area contributed by atoms with E-state index in [0.29, 0.717) is 6.42 Å². The van der Waals surface area contributed by atoms with Gasteiger partial charge in [0.25, 0.3) is 0 Å². The second-order valence-electron chi connectivity index (χ2n) is 6.17. The van der Waals surface area contributed by atoms with Crippen molar-refractivity contribution in [2.75, 3.05) is 18.0 Å². The Morgan fingerprint density at radius 1 is 1.22 bits per heavy atom. The fourth-order valence-corrected chi connectivity index (χ4v) is 2.89. The number of hydrogen-bond acceptors (Lipinski definition) is 4. The molecule has 96 valence electrons. The Labute approximate surface area is 107 Å². The summed E-state index contributed by atoms with van der Waals surface area (Å²) in [6.07, 6.45) is 5.63. The van der Waals surface area contributed by atoms with E-state index in [9.17, 15) is 4.79 Å². The summed E-state index contributed by atoms with van der Waals surface area (Å²) in [5.74, 6) is 0.992. The van der Waals surface area contributed by atoms with Crippen molar-refractivity contribution in [1.29, 1.82) is 0 Å². The Morgan fingerprint density at radius 3 is 2.67 bits per heavy atom. The summed E-state index contributed by atoms with van der Waals surface area (Å²) in [6.45, 7) is 6.34. The number of ketones is 1. The standard InChI is InChI=1S/C14H19N3O/c1-14(2)7-11-10(12(18)8-14)9-15-13(16-11)17-5-3-4-6-17/h9H,3-8H2,1-2H3. The molecule has 0 spiro atoms. The summed E-state index contributed by atoms with van der Waals surface area (Å²) in [4.78, 5) is 23.3. The molecule has 3 rings (SSSR count). The molecule has 4 heteroatoms. The molecule has 1 fully saturated rings. The summed E-state index contributed by atoms with van der Waals surface area (Å²) in [7, 11) is 0. The van der Waals surface area contributed by atoms with Crippen molar-refractivity contribution in [3.63, 3.8) is 0 Å². The Bertz CT molecular complexity index is 490. The SMILES string of the molecule is CC1(C)CC(=O)c2cnc(N3CCCC3)nc2C1. The summed E-state index contributed by atoms with van der Waals surface area (Å²) < 4.78 is 0. The van der Waals surface area contributed by atoms with Crippen molar-refractivity contribution in [1.82, 2.24) is 9.97 Å². The highest BCUT2D eigenvalue weighted by atomic mass is 16.1. The third-order valence-electron chi connectivity index (χ3n) is 3.83. The third-order valence-corrected chi connectivity index (χ3v) is 3.83. The van der Waals surface area contributed by atoms with Gasteiger partial charge in [-0.25, -0.2) is 9.97 Å². The number of nitrogens with zero attached hydrogens (tertiary/aromatic N) is 3. The molecule has 18 heavy (non-hydrogen) atoms. The Hall–Kier alpha value is -1.45. The molecule has 0 aromatic carbocycles. The lowest BCUT2D eigenvalue weighted by Gasteiger charge is -2.29. The van der Waals surface area contributed by atoms with E-state index in [1.807, 2.05) is 0 Å². The van der Waals surface area contributed by atoms with E-state index in [-0.39, 0.29) is 11.2 Å². The average Bonchev–Trinajstić information content (AvgIpc) is 2.79. The first kappa shape index (κ1) is 11.6. The summed E-state index contributed by atoms with van der Waals surface area (Å²) in [6, 6.07) is 0. The first-order chi connectivity index (χ1) is 8.55. The van der Waals surface area contributed by atoms with Gasteiger partial charge < -0.3 is 4.90 Å². The topological polar surface area (TPSA) is 46.1 Å². The largest absolute Gasteiger partial charge is 0.341 e. The quantitative estimate of drug-likeness (QED) is 0.761. The maximum Gasteiger partial charge on any atom is 0.225 e. The molecule has 0 bridgehead atoms. The number of rotatable bonds is 1. The van der Waals surface area contributed by atoms with Crippen LogP contribution in [0.2, 0.25) is 0 Å². The molecule has 1 aliphatic carbocycles. The smallest absolute Gasteiger partial charge is 0.225 e. The third kappa shape index (κ3) is 2.00. The number of anilines is 1. The van der Waals surface area contributed by atoms with Gasteiger partial charge in [0.15, 0.2) is 5.78 Å². The van der Waals surface area contributed by atoms with Gasteiger partial charge in [-0.2, -0.15) is 0 Å². The predicted molar refractivity (Wildman–Crippen MR) is 69.9 cm³/mol. The summed E-state index contributed by atoms with van der Waals surface area (Å²) in [5.41, 5.74) is 1.70. The molecule has 1 aromatic heterocycles. The lowest BCUT2D eigenvalue weighted by atomic mass is 9.76. The summed E-state index contributed by atoms with van der Waals surface area (Å²) >= 11 is 0. The lowest BCUT2D eigenvalue weighted by Crippen LogP contribution is -2.29. The molecule has 4 nitrogen and oxygen atoms in total. The van der Waals surface area contributed by atoms with Crippen LogP contribution in [0.15, 0.2) is 6.20 Å². The van der Waals surface area contributed by atoms with E-state index in [0.717, 1.165) is 36.7 Å². The molecular weight excluding hydrogens is 226 g/mol. The normalized spacial score (nSPS) is 22.1. The Balaban J connectivity index is 1.96. The van der Waals surface area contributed by atoms with Crippen LogP contribution in [0.1, 0.15) is 49.2 Å². The van der Waals surface area contributed by atoms with Gasteiger partial charge in [-0.1, -0.05) is 13.8 Å². The molecule has 0 unspecified atom stereocenters. The van der Waals surface area contributed by atoms with Gasteiger partial charge in [0.2, 0.25) is 5.95 Å². The van der Waals surface area contributed by atoms with Gasteiger partial charge in [-0.15, -0.1) is 0 Å². The highest BCUT2D eigenvalue weighted by Crippen LogP contribution is 2.34. The molecular formula is C14H19N3O. The van der Waals surface area contributed by atoms with Crippen LogP contribution in [-0.4, -0.2) is 28.8 Å². The van der Waals surface area contributed by atoms with Crippen LogP contribution in [0.4, 0.5) is 5.95 Å². The van der Waals surface area contributed by atoms with E-state index in [1.54, 1.807) is 6.20 Å². The second kappa shape index (κ2) is 4.04. The predicted octanol–water partition coefficient (Wildman–Crippen LogP) is 2.23. The molecule has 0 atom stereocenters. The molecule has 1 aliphatic heterocycles. The van der Waals surface area contributed by atoms with Crippen molar-refractivity contribution in [2.45, 2.75) is 39.5 Å². The van der Waals surface area contributed by atoms with Gasteiger partial charge in [-0.05, 0) is 24.7 Å². The molecule has 2 aliphatic rings. The molecule has 0 N–H and O–H groups in total. The second-order valence-corrected chi connectivity index (χ2v) is 6.17. The molecule has 0 amide bonds. The molecule has 1 saturated heterocycles. The highest BCUT2D eigenvalue weighted by Gasteiger charge is 2.32. The average molecular weight is 245 g/mol. The van der Waals surface area contributed by atoms with E-state index in [2.05, 4.69) is 28.7 Å². The fourth-order valence-electron chi connectivity index (χ4n) is 2.89. The number of aromatic nitrogens is 2. The highest BCUT2D eigenvalue weighted by molar-refractivity contribution is 5.98. The van der Waals surface area contributed by atoms with E-state index in [1.165, 1.54) is 12.8 Å². The monoisotopic (exact) mass is 245 g/mol. The maximum atomic E-state index is 12.0. The minimum Gasteiger partial charge on any atom is -0.341 e. The number of fused-ring (bicyclic) bond motifs is 1. The first-order valence-electron chi connectivity index (χ1n) is 6.69. The number of carbonyl (C=O) groups is 1. The van der Waals surface area contributed by atoms with Crippen molar-refractivity contribution < 1.29 is 4.79 Å². The Morgan fingerprint density at radius 2 is 1.94 bits per heavy atom. The minimum atomic E-state index is 0.0285. The van der Waals surface area contributed by atoms with Crippen LogP contribution in [0.3, 0.4) is 0 Å². The molecule has 0 saturated carbocycles. The number of carbonyl (C=O) groups excluding carboxylic acids is 1. The van der Waals surface area contributed by atoms with Crippen LogP contribution in [0.25, 0.3) is 0 Å². The Kier molecular flexibility index (Phi) is 2.61. The van der Waals surface area contributed by atoms with E-state index >= 15 is 0 Å². The van der Waals surface area contributed by atoms with E-state index in [4.69, 9.17) is 0 Å². The van der Waals surface area contributed by atoms with E-state index < -0.39 is 0 Å². The van der Waals surface area contributed by atoms with Gasteiger partial charge in [-0.3, -0.25) is 4.79 Å². The van der Waals surface area contributed by atoms with Gasteiger partial charge in [0, 0.05) is 25.7 Å². The van der Waals surface area contributed by atoms with Crippen molar-refractivity contribution >= 4 is 11.7 Å². The zero-order chi connectivity index (χ0) is 12.8. The number of hydrogen-bond donors (Lipinski definition) is 0. The minimum absolute atomic E-state index is 0.0285. The van der Waals surface area contributed by atoms with Gasteiger partial charge in [0.05, 0.1) is 11.3 Å².